The molecule has 0 fully saturated rings. The Bertz CT molecular complexity index is 4190. The smallest absolute Gasteiger partial charge is 0.200 e. The van der Waals surface area contributed by atoms with Crippen molar-refractivity contribution in [3.63, 3.8) is 0 Å². The minimum absolute atomic E-state index is 0.210. The first-order valence-corrected chi connectivity index (χ1v) is 22.3. The lowest BCUT2D eigenvalue weighted by Gasteiger charge is -2.13. The Morgan fingerprint density at radius 2 is 0.512 bits per heavy atom. The third-order valence-corrected chi connectivity index (χ3v) is 12.7. The number of nitrogens with zero attached hydrogens (tertiary/aromatic N) is 2. The van der Waals surface area contributed by atoms with Gasteiger partial charge in [-0.1, -0.05) is 0 Å². The second-order valence-corrected chi connectivity index (χ2v) is 17.3. The van der Waals surface area contributed by atoms with Gasteiger partial charge in [-0.05, 0) is 85.0 Å². The first kappa shape index (κ1) is 52.4. The molecule has 3 aliphatic heterocycles. The van der Waals surface area contributed by atoms with Crippen LogP contribution in [-0.2, 0) is 0 Å². The number of aromatic nitrogens is 4. The number of halogens is 20. The van der Waals surface area contributed by atoms with Crippen LogP contribution in [0, 0.1) is 116 Å². The molecule has 4 aromatic carbocycles. The molecular weight excluding hydrogens is 1110 g/mol. The van der Waals surface area contributed by atoms with Crippen LogP contribution in [0.4, 0.5) is 87.8 Å². The molecule has 7 heterocycles. The van der Waals surface area contributed by atoms with Crippen LogP contribution >= 0.6 is 0 Å². The molecule has 8 aromatic rings. The van der Waals surface area contributed by atoms with Gasteiger partial charge in [-0.2, -0.15) is 0 Å². The van der Waals surface area contributed by atoms with E-state index in [9.17, 15) is 17.6 Å². The van der Waals surface area contributed by atoms with Gasteiger partial charge < -0.3 is 19.9 Å². The number of hydrogen-bond acceptors (Lipinski definition) is 2. The van der Waals surface area contributed by atoms with E-state index >= 15 is 70.2 Å². The van der Waals surface area contributed by atoms with Crippen molar-refractivity contribution < 1.29 is 87.8 Å². The zero-order chi connectivity index (χ0) is 57.2. The van der Waals surface area contributed by atoms with Gasteiger partial charge in [0.25, 0.3) is 0 Å². The lowest BCUT2D eigenvalue weighted by molar-refractivity contribution is 0.376. The Kier molecular flexibility index (Phi) is 12.5. The Morgan fingerprint density at radius 1 is 0.250 bits per heavy atom. The monoisotopic (exact) mass is 1130 g/mol. The van der Waals surface area contributed by atoms with Gasteiger partial charge in [-0.3, -0.25) is 0 Å². The first-order valence-electron chi connectivity index (χ1n) is 22.3. The summed E-state index contributed by atoms with van der Waals surface area (Å²) in [6.45, 7) is 0. The van der Waals surface area contributed by atoms with Crippen LogP contribution in [0.15, 0.2) is 94.2 Å². The number of hydrogen-bond donors (Lipinski definition) is 4. The molecule has 0 atom stereocenters. The van der Waals surface area contributed by atoms with Crippen LogP contribution in [0.25, 0.3) is 34.4 Å². The van der Waals surface area contributed by atoms with Crippen LogP contribution < -0.4 is 21.4 Å². The van der Waals surface area contributed by atoms with Crippen molar-refractivity contribution in [3.05, 3.63) is 267 Å². The summed E-state index contributed by atoms with van der Waals surface area (Å²) in [5, 5.41) is -1.57. The van der Waals surface area contributed by atoms with Crippen LogP contribution in [0.1, 0.15) is 45.0 Å². The molecule has 0 saturated heterocycles. The molecule has 6 nitrogen and oxygen atoms in total. The lowest BCUT2D eigenvalue weighted by Crippen LogP contribution is -2.21. The van der Waals surface area contributed by atoms with Crippen LogP contribution in [-0.4, -0.2) is 31.4 Å². The molecule has 80 heavy (non-hydrogen) atoms. The number of nitrogens with one attached hydrogen (secondary N) is 4. The number of rotatable bonds is 4. The SMILES string of the molecule is Fc1c(F)c(F)c(C2=C3C=CC(=N3)C(c3c(F)c(F)c(F)c(F)c3F)=c3ccc([nH]3)=Cc3ccc([nH]3)C(c3c(F)c(F)c(F)c(F)c3F)=C3C=CC(=N3)C(c3c(F)c(F)c(F)c(F)c3F)=c3ccc([nH]3)=Cc3ccc2[nH]3)c(F)c1F. The highest BCUT2D eigenvalue weighted by molar-refractivity contribution is 6.31. The summed E-state index contributed by atoms with van der Waals surface area (Å²) < 4.78 is 305. The summed E-state index contributed by atoms with van der Waals surface area (Å²) >= 11 is 0. The van der Waals surface area contributed by atoms with E-state index in [2.05, 4.69) is 29.9 Å². The Balaban J connectivity index is 1.27. The minimum Gasteiger partial charge on any atom is -0.355 e. The molecule has 0 unspecified atom stereocenters. The van der Waals surface area contributed by atoms with Crippen molar-refractivity contribution in [1.82, 2.24) is 19.9 Å². The fourth-order valence-corrected chi connectivity index (χ4v) is 9.08. The second-order valence-electron chi connectivity index (χ2n) is 17.3. The van der Waals surface area contributed by atoms with E-state index in [1.165, 1.54) is 0 Å². The topological polar surface area (TPSA) is 87.9 Å². The fraction of sp³-hybridized carbons (Fsp3) is 0. The number of fused-ring (bicyclic) bond motifs is 10. The van der Waals surface area contributed by atoms with Gasteiger partial charge in [0.05, 0.1) is 45.1 Å². The van der Waals surface area contributed by atoms with Crippen molar-refractivity contribution >= 4 is 45.9 Å². The molecule has 404 valence electrons. The predicted octanol–water partition coefficient (Wildman–Crippen LogP) is 11.1. The summed E-state index contributed by atoms with van der Waals surface area (Å²) in [6.07, 6.45) is 5.33. The summed E-state index contributed by atoms with van der Waals surface area (Å²) in [5.41, 5.74) is -15.4. The molecule has 11 rings (SSSR count). The van der Waals surface area contributed by atoms with Crippen LogP contribution in [0.3, 0.4) is 0 Å². The van der Waals surface area contributed by atoms with Gasteiger partial charge in [-0.15, -0.1) is 0 Å². The van der Waals surface area contributed by atoms with E-state index in [1.807, 2.05) is 0 Å². The standard InChI is InChI=1S/C54H18F20N6/c55-35-31(36(56)44(64)51(71)43(35)63)27-19-5-1-15(75-19)13-16-2-6-20(76-16)28(32-37(57)45(65)52(72)46(66)38(32)58)25-11-12-26(80-25)30(34-41(61)49(69)54(74)50(70)42(34)62)22-8-4-18(78-22)14-17-3-7-21(77-17)29(24-10-9-23(27)79-24)33-39(59)47(67)53(73)48(68)40(33)60/h1-14,75-78H. The molecule has 0 saturated carbocycles. The maximum atomic E-state index is 15.9. The molecule has 12 bridgehead atoms. The Hall–Kier alpha value is -9.62. The van der Waals surface area contributed by atoms with Crippen molar-refractivity contribution in [2.75, 3.05) is 0 Å². The first-order chi connectivity index (χ1) is 38.0. The average molecular weight is 1130 g/mol. The third kappa shape index (κ3) is 8.05. The van der Waals surface area contributed by atoms with E-state index < -0.39 is 206 Å². The van der Waals surface area contributed by atoms with Crippen molar-refractivity contribution in [2.24, 2.45) is 9.98 Å². The van der Waals surface area contributed by atoms with Gasteiger partial charge >= 0.3 is 0 Å². The highest BCUT2D eigenvalue weighted by Crippen LogP contribution is 2.40. The summed E-state index contributed by atoms with van der Waals surface area (Å²) in [4.78, 5) is 18.7. The molecule has 3 aliphatic rings. The normalized spacial score (nSPS) is 14.3. The molecule has 0 amide bonds. The molecular formula is C54H18F20N6. The third-order valence-electron chi connectivity index (χ3n) is 12.7. The molecule has 0 spiro atoms. The van der Waals surface area contributed by atoms with Gasteiger partial charge in [0.1, 0.15) is 0 Å². The number of H-pyrrole nitrogens is 4. The van der Waals surface area contributed by atoms with E-state index in [4.69, 9.17) is 0 Å². The highest BCUT2D eigenvalue weighted by Gasteiger charge is 2.36. The molecule has 4 N–H and O–H groups in total. The number of aliphatic imine (C=N–C) groups is 2. The molecule has 0 aliphatic carbocycles. The summed E-state index contributed by atoms with van der Waals surface area (Å²) in [7, 11) is 0. The van der Waals surface area contributed by atoms with Gasteiger partial charge in [0, 0.05) is 66.5 Å². The second kappa shape index (κ2) is 19.1. The predicted molar refractivity (Wildman–Crippen MR) is 244 cm³/mol. The molecule has 4 aromatic heterocycles. The highest BCUT2D eigenvalue weighted by atomic mass is 19.2. The fourth-order valence-electron chi connectivity index (χ4n) is 9.08. The molecule has 26 heteroatoms. The van der Waals surface area contributed by atoms with E-state index in [0.29, 0.717) is 0 Å². The summed E-state index contributed by atoms with van der Waals surface area (Å²) in [6, 6.07) is 8.19. The van der Waals surface area contributed by atoms with E-state index in [1.54, 1.807) is 0 Å². The van der Waals surface area contributed by atoms with Gasteiger partial charge in [0.2, 0.25) is 23.3 Å². The van der Waals surface area contributed by atoms with Gasteiger partial charge in [0.15, 0.2) is 93.1 Å². The Morgan fingerprint density at radius 3 is 0.800 bits per heavy atom. The maximum absolute atomic E-state index is 15.9. The number of aromatic amines is 4. The largest absolute Gasteiger partial charge is 0.355 e. The minimum atomic E-state index is -2.61. The number of benzene rings is 4. The maximum Gasteiger partial charge on any atom is 0.200 e. The average Bonchev–Trinajstić information content (AvgIpc) is 4.48. The quantitative estimate of drug-likeness (QED) is 0.0769. The van der Waals surface area contributed by atoms with Crippen molar-refractivity contribution in [3.8, 4) is 0 Å². The summed E-state index contributed by atoms with van der Waals surface area (Å²) in [5.74, 6) is -49.9. The van der Waals surface area contributed by atoms with E-state index in [-0.39, 0.29) is 22.1 Å². The van der Waals surface area contributed by atoms with Crippen molar-refractivity contribution in [2.45, 2.75) is 0 Å². The van der Waals surface area contributed by atoms with Crippen molar-refractivity contribution in [1.29, 1.82) is 0 Å². The molecule has 0 radical (unpaired) electrons. The van der Waals surface area contributed by atoms with Crippen LogP contribution in [0.2, 0.25) is 0 Å². The zero-order valence-corrected chi connectivity index (χ0v) is 38.5. The number of allylic oxidation sites excluding steroid dienone is 4. The Labute approximate surface area is 429 Å². The van der Waals surface area contributed by atoms with Gasteiger partial charge in [-0.25, -0.2) is 97.8 Å². The van der Waals surface area contributed by atoms with E-state index in [0.717, 1.165) is 85.0 Å². The zero-order valence-electron chi connectivity index (χ0n) is 38.5. The van der Waals surface area contributed by atoms with Crippen LogP contribution in [0.5, 0.6) is 0 Å². The lowest BCUT2D eigenvalue weighted by atomic mass is 9.98.